The van der Waals surface area contributed by atoms with Gasteiger partial charge in [-0.05, 0) is 18.6 Å². The number of unbranched alkanes of at least 4 members (excludes halogenated alkanes) is 2. The summed E-state index contributed by atoms with van der Waals surface area (Å²) in [6.45, 7) is 2.88. The number of aromatic nitrogens is 1. The molecule has 2 rings (SSSR count). The fourth-order valence-electron chi connectivity index (χ4n) is 1.58. The lowest BCUT2D eigenvalue weighted by Crippen LogP contribution is -1.95. The van der Waals surface area contributed by atoms with Gasteiger partial charge >= 0.3 is 0 Å². The van der Waals surface area contributed by atoms with Crippen molar-refractivity contribution in [2.24, 2.45) is 0 Å². The van der Waals surface area contributed by atoms with Crippen molar-refractivity contribution < 1.29 is 9.15 Å². The van der Waals surface area contributed by atoms with Crippen molar-refractivity contribution in [1.29, 1.82) is 0 Å². The smallest absolute Gasteiger partial charge is 0.284 e. The lowest BCUT2D eigenvalue weighted by Gasteiger charge is -2.00. The molecule has 0 unspecified atom stereocenters. The number of hydrogen-bond donors (Lipinski definition) is 0. The molecule has 2 aromatic heterocycles. The predicted molar refractivity (Wildman–Crippen MR) is 67.0 cm³/mol. The fraction of sp³-hybridized carbons (Fsp3) is 0.357. The molecule has 0 aliphatic rings. The van der Waals surface area contributed by atoms with Crippen molar-refractivity contribution in [3.05, 3.63) is 36.7 Å². The zero-order valence-corrected chi connectivity index (χ0v) is 10.1. The molecule has 0 aliphatic heterocycles. The zero-order chi connectivity index (χ0) is 11.9. The first-order valence-corrected chi connectivity index (χ1v) is 6.03. The normalized spacial score (nSPS) is 10.4. The quantitative estimate of drug-likeness (QED) is 0.707. The Bertz CT molecular complexity index is 436. The third-order valence-corrected chi connectivity index (χ3v) is 2.53. The van der Waals surface area contributed by atoms with Gasteiger partial charge in [-0.25, -0.2) is 0 Å². The summed E-state index contributed by atoms with van der Waals surface area (Å²) in [5.41, 5.74) is 1.86. The van der Waals surface area contributed by atoms with Gasteiger partial charge in [0.1, 0.15) is 6.26 Å². The number of furan rings is 1. The van der Waals surface area contributed by atoms with Gasteiger partial charge in [0.25, 0.3) is 5.95 Å². The number of pyridine rings is 1. The molecule has 0 aliphatic carbocycles. The van der Waals surface area contributed by atoms with Gasteiger partial charge in [0, 0.05) is 17.8 Å². The van der Waals surface area contributed by atoms with Gasteiger partial charge < -0.3 is 9.15 Å². The van der Waals surface area contributed by atoms with Crippen molar-refractivity contribution in [2.45, 2.75) is 26.2 Å². The van der Waals surface area contributed by atoms with E-state index in [4.69, 9.17) is 9.15 Å². The zero-order valence-electron chi connectivity index (χ0n) is 10.1. The molecule has 0 bridgehead atoms. The van der Waals surface area contributed by atoms with E-state index in [-0.39, 0.29) is 0 Å². The molecule has 0 N–H and O–H groups in total. The summed E-state index contributed by atoms with van der Waals surface area (Å²) >= 11 is 0. The third-order valence-electron chi connectivity index (χ3n) is 2.53. The molecule has 0 atom stereocenters. The summed E-state index contributed by atoms with van der Waals surface area (Å²) in [6, 6.07) is 7.68. The summed E-state index contributed by atoms with van der Waals surface area (Å²) in [5.74, 6) is 0.571. The second-order valence-electron chi connectivity index (χ2n) is 3.92. The van der Waals surface area contributed by atoms with E-state index in [1.165, 1.54) is 12.8 Å². The van der Waals surface area contributed by atoms with Crippen LogP contribution in [0.4, 0.5) is 0 Å². The Morgan fingerprint density at radius 1 is 1.29 bits per heavy atom. The Hall–Kier alpha value is -1.77. The van der Waals surface area contributed by atoms with E-state index in [0.29, 0.717) is 12.6 Å². The van der Waals surface area contributed by atoms with Gasteiger partial charge in [-0.3, -0.25) is 4.98 Å². The summed E-state index contributed by atoms with van der Waals surface area (Å²) in [7, 11) is 0. The highest BCUT2D eigenvalue weighted by Crippen LogP contribution is 2.24. The van der Waals surface area contributed by atoms with E-state index in [9.17, 15) is 0 Å². The molecule has 0 amide bonds. The molecule has 2 aromatic rings. The van der Waals surface area contributed by atoms with E-state index in [1.54, 1.807) is 12.5 Å². The minimum absolute atomic E-state index is 0.571. The summed E-state index contributed by atoms with van der Waals surface area (Å²) < 4.78 is 10.9. The standard InChI is InChI=1S/C14H17NO2/c1-2-3-6-9-16-14-10-12(11-17-14)13-7-4-5-8-15-13/h4-5,7-8,10-11H,2-3,6,9H2,1H3. The van der Waals surface area contributed by atoms with Crippen molar-refractivity contribution >= 4 is 0 Å². The van der Waals surface area contributed by atoms with E-state index < -0.39 is 0 Å². The van der Waals surface area contributed by atoms with Crippen molar-refractivity contribution in [3.8, 4) is 17.2 Å². The maximum atomic E-state index is 5.52. The molecule has 0 aromatic carbocycles. The van der Waals surface area contributed by atoms with Gasteiger partial charge in [0.15, 0.2) is 0 Å². The molecule has 3 heteroatoms. The minimum atomic E-state index is 0.571. The minimum Gasteiger partial charge on any atom is -0.465 e. The Labute approximate surface area is 101 Å². The molecule has 0 fully saturated rings. The van der Waals surface area contributed by atoms with Crippen LogP contribution in [0.15, 0.2) is 41.1 Å². The van der Waals surface area contributed by atoms with E-state index >= 15 is 0 Å². The first kappa shape index (κ1) is 11.7. The second-order valence-corrected chi connectivity index (χ2v) is 3.92. The molecular weight excluding hydrogens is 214 g/mol. The van der Waals surface area contributed by atoms with E-state index in [2.05, 4.69) is 11.9 Å². The number of hydrogen-bond acceptors (Lipinski definition) is 3. The molecule has 0 saturated heterocycles. The molecule has 0 radical (unpaired) electrons. The summed E-state index contributed by atoms with van der Waals surface area (Å²) in [5, 5.41) is 0. The summed E-state index contributed by atoms with van der Waals surface area (Å²) in [6.07, 6.45) is 6.90. The largest absolute Gasteiger partial charge is 0.465 e. The van der Waals surface area contributed by atoms with E-state index in [1.807, 2.05) is 24.3 Å². The number of nitrogens with zero attached hydrogens (tertiary/aromatic N) is 1. The monoisotopic (exact) mass is 231 g/mol. The van der Waals surface area contributed by atoms with Gasteiger partial charge in [-0.15, -0.1) is 0 Å². The van der Waals surface area contributed by atoms with Crippen LogP contribution in [-0.4, -0.2) is 11.6 Å². The molecule has 17 heavy (non-hydrogen) atoms. The Morgan fingerprint density at radius 2 is 2.24 bits per heavy atom. The lowest BCUT2D eigenvalue weighted by molar-refractivity contribution is 0.237. The van der Waals surface area contributed by atoms with Crippen LogP contribution in [-0.2, 0) is 0 Å². The van der Waals surface area contributed by atoms with Gasteiger partial charge in [-0.2, -0.15) is 0 Å². The van der Waals surface area contributed by atoms with Crippen LogP contribution in [0, 0.1) is 0 Å². The topological polar surface area (TPSA) is 35.3 Å². The molecule has 90 valence electrons. The van der Waals surface area contributed by atoms with Gasteiger partial charge in [-0.1, -0.05) is 25.8 Å². The molecule has 0 saturated carbocycles. The average Bonchev–Trinajstić information content (AvgIpc) is 2.85. The van der Waals surface area contributed by atoms with Gasteiger partial charge in [0.05, 0.1) is 12.3 Å². The van der Waals surface area contributed by atoms with Crippen LogP contribution in [0.5, 0.6) is 5.95 Å². The van der Waals surface area contributed by atoms with Gasteiger partial charge in [0.2, 0.25) is 0 Å². The SMILES string of the molecule is CCCCCOc1cc(-c2ccccn2)co1. The molecule has 2 heterocycles. The van der Waals surface area contributed by atoms with Crippen LogP contribution >= 0.6 is 0 Å². The Morgan fingerprint density at radius 3 is 3.00 bits per heavy atom. The van der Waals surface area contributed by atoms with Crippen LogP contribution in [0.2, 0.25) is 0 Å². The molecule has 0 spiro atoms. The van der Waals surface area contributed by atoms with Crippen molar-refractivity contribution in [1.82, 2.24) is 4.98 Å². The van der Waals surface area contributed by atoms with Crippen LogP contribution in [0.1, 0.15) is 26.2 Å². The molecular formula is C14H17NO2. The first-order valence-electron chi connectivity index (χ1n) is 6.03. The second kappa shape index (κ2) is 6.09. The van der Waals surface area contributed by atoms with Crippen LogP contribution in [0.3, 0.4) is 0 Å². The van der Waals surface area contributed by atoms with Crippen molar-refractivity contribution in [3.63, 3.8) is 0 Å². The Balaban J connectivity index is 1.92. The van der Waals surface area contributed by atoms with Crippen LogP contribution < -0.4 is 4.74 Å². The maximum Gasteiger partial charge on any atom is 0.284 e. The summed E-state index contributed by atoms with van der Waals surface area (Å²) in [4.78, 5) is 4.26. The highest BCUT2D eigenvalue weighted by molar-refractivity contribution is 5.58. The highest BCUT2D eigenvalue weighted by atomic mass is 16.6. The van der Waals surface area contributed by atoms with E-state index in [0.717, 1.165) is 17.7 Å². The lowest BCUT2D eigenvalue weighted by atomic mass is 10.2. The fourth-order valence-corrected chi connectivity index (χ4v) is 1.58. The average molecular weight is 231 g/mol. The van der Waals surface area contributed by atoms with Crippen molar-refractivity contribution in [2.75, 3.05) is 6.61 Å². The third kappa shape index (κ3) is 3.34. The predicted octanol–water partition coefficient (Wildman–Crippen LogP) is 3.91. The first-order chi connectivity index (χ1) is 8.40. The Kier molecular flexibility index (Phi) is 4.19. The van der Waals surface area contributed by atoms with Crippen LogP contribution in [0.25, 0.3) is 11.3 Å². The number of ether oxygens (including phenoxy) is 1. The maximum absolute atomic E-state index is 5.52. The molecule has 3 nitrogen and oxygen atoms in total. The highest BCUT2D eigenvalue weighted by Gasteiger charge is 2.05. The number of rotatable bonds is 6.